The van der Waals surface area contributed by atoms with E-state index in [0.29, 0.717) is 0 Å². The van der Waals surface area contributed by atoms with Crippen LogP contribution in [0.2, 0.25) is 0 Å². The normalized spacial score (nSPS) is 11.3. The molecule has 300 valence electrons. The van der Waals surface area contributed by atoms with Gasteiger partial charge in [0, 0.05) is 33.2 Å². The van der Waals surface area contributed by atoms with Crippen molar-refractivity contribution in [2.45, 2.75) is 12.8 Å². The molecule has 0 unspecified atom stereocenters. The lowest BCUT2D eigenvalue weighted by Crippen LogP contribution is -2.11. The van der Waals surface area contributed by atoms with Crippen LogP contribution in [0.5, 0.6) is 0 Å². The molecular weight excluding hydrogens is 765 g/mol. The molecule has 0 N–H and O–H groups in total. The lowest BCUT2D eigenvalue weighted by atomic mass is 9.84. The Hall–Kier alpha value is -7.96. The number of carbonyl (C=O) groups is 2. The third kappa shape index (κ3) is 6.82. The Morgan fingerprint density at radius 3 is 1.44 bits per heavy atom. The molecule has 6 nitrogen and oxygen atoms in total. The second-order valence-electron chi connectivity index (χ2n) is 15.5. The first-order valence-electron chi connectivity index (χ1n) is 20.7. The molecule has 0 aliphatic rings. The predicted molar refractivity (Wildman–Crippen MR) is 253 cm³/mol. The lowest BCUT2D eigenvalue weighted by molar-refractivity contribution is -0.140. The van der Waals surface area contributed by atoms with E-state index >= 15 is 0 Å². The number of ether oxygens (including phenoxy) is 2. The summed E-state index contributed by atoms with van der Waals surface area (Å²) in [4.78, 5) is 26.9. The van der Waals surface area contributed by atoms with Gasteiger partial charge in [-0.05, 0) is 104 Å². The minimum Gasteiger partial charge on any atom is -0.469 e. The zero-order chi connectivity index (χ0) is 42.2. The number of benzene rings is 9. The SMILES string of the molecule is COC(=O)Cc1ccc(-c2c3ccccc3c(-c3ccc(CC(=O)OC)cc3)c3c(N(c4ccccc4)c4ccc(-n5c6ccccc6c6ccccc65)cc4)cccc23)cc1. The first kappa shape index (κ1) is 38.3. The second kappa shape index (κ2) is 16.2. The number of aromatic nitrogens is 1. The molecule has 0 aliphatic heterocycles. The van der Waals surface area contributed by atoms with Crippen LogP contribution in [0, 0.1) is 0 Å². The van der Waals surface area contributed by atoms with E-state index in [-0.39, 0.29) is 24.8 Å². The van der Waals surface area contributed by atoms with Crippen LogP contribution in [-0.4, -0.2) is 30.7 Å². The summed E-state index contributed by atoms with van der Waals surface area (Å²) in [6, 6.07) is 68.2. The highest BCUT2D eigenvalue weighted by Crippen LogP contribution is 2.49. The molecule has 0 radical (unpaired) electrons. The van der Waals surface area contributed by atoms with Gasteiger partial charge < -0.3 is 18.9 Å². The third-order valence-corrected chi connectivity index (χ3v) is 11.9. The number of para-hydroxylation sites is 3. The fourth-order valence-electron chi connectivity index (χ4n) is 9.02. The Kier molecular flexibility index (Phi) is 10.0. The van der Waals surface area contributed by atoms with Crippen molar-refractivity contribution in [1.82, 2.24) is 4.57 Å². The maximum absolute atomic E-state index is 12.3. The van der Waals surface area contributed by atoms with E-state index < -0.39 is 0 Å². The summed E-state index contributed by atoms with van der Waals surface area (Å²) in [5, 5.41) is 6.81. The van der Waals surface area contributed by atoms with Crippen LogP contribution in [0.4, 0.5) is 17.1 Å². The number of fused-ring (bicyclic) bond motifs is 5. The van der Waals surface area contributed by atoms with Gasteiger partial charge in [-0.1, -0.05) is 140 Å². The Bertz CT molecular complexity index is 3230. The van der Waals surface area contributed by atoms with Gasteiger partial charge in [-0.3, -0.25) is 9.59 Å². The smallest absolute Gasteiger partial charge is 0.309 e. The van der Waals surface area contributed by atoms with Crippen molar-refractivity contribution in [2.24, 2.45) is 0 Å². The number of carbonyl (C=O) groups excluding carboxylic acids is 2. The van der Waals surface area contributed by atoms with Crippen LogP contribution < -0.4 is 4.90 Å². The van der Waals surface area contributed by atoms with Gasteiger partial charge in [0.25, 0.3) is 0 Å². The molecule has 0 saturated heterocycles. The summed E-state index contributed by atoms with van der Waals surface area (Å²) < 4.78 is 12.3. The van der Waals surface area contributed by atoms with Crippen molar-refractivity contribution in [1.29, 1.82) is 0 Å². The van der Waals surface area contributed by atoms with Crippen LogP contribution >= 0.6 is 0 Å². The number of hydrogen-bond acceptors (Lipinski definition) is 5. The highest BCUT2D eigenvalue weighted by atomic mass is 16.5. The number of esters is 2. The highest BCUT2D eigenvalue weighted by molar-refractivity contribution is 6.25. The van der Waals surface area contributed by atoms with Crippen LogP contribution in [-0.2, 0) is 31.9 Å². The quantitative estimate of drug-likeness (QED) is 0.102. The molecular formula is C56H42N2O4. The van der Waals surface area contributed by atoms with E-state index in [9.17, 15) is 9.59 Å². The van der Waals surface area contributed by atoms with Gasteiger partial charge in [0.1, 0.15) is 0 Å². The van der Waals surface area contributed by atoms with Crippen molar-refractivity contribution in [3.63, 3.8) is 0 Å². The van der Waals surface area contributed by atoms with E-state index in [0.717, 1.165) is 88.7 Å². The maximum Gasteiger partial charge on any atom is 0.309 e. The van der Waals surface area contributed by atoms with Crippen LogP contribution in [0.1, 0.15) is 11.1 Å². The molecule has 0 fully saturated rings. The number of hydrogen-bond donors (Lipinski definition) is 0. The standard InChI is InChI=1S/C56H42N2O4/c1-61-52(59)35-37-23-27-39(28-24-37)54-46-17-6-7-18-47(46)55(40-29-25-38(26-30-40)36-53(60)62-2)56-48(54)19-12-22-51(56)57(41-13-4-3-5-14-41)42-31-33-43(34-32-42)58-49-20-10-8-15-44(49)45-16-9-11-21-50(45)58/h3-34H,35-36H2,1-2H3. The van der Waals surface area contributed by atoms with E-state index in [1.165, 1.54) is 25.0 Å². The molecule has 9 aromatic carbocycles. The molecule has 0 saturated carbocycles. The molecule has 10 aromatic rings. The van der Waals surface area contributed by atoms with Gasteiger partial charge >= 0.3 is 11.9 Å². The molecule has 0 spiro atoms. The summed E-state index contributed by atoms with van der Waals surface area (Å²) in [5.41, 5.74) is 12.5. The number of nitrogens with zero attached hydrogens (tertiary/aromatic N) is 2. The van der Waals surface area contributed by atoms with Crippen molar-refractivity contribution in [2.75, 3.05) is 19.1 Å². The van der Waals surface area contributed by atoms with Gasteiger partial charge in [-0.25, -0.2) is 0 Å². The number of anilines is 3. The molecule has 1 heterocycles. The number of rotatable bonds is 10. The maximum atomic E-state index is 12.3. The fraction of sp³-hybridized carbons (Fsp3) is 0.0714. The molecule has 0 atom stereocenters. The summed E-state index contributed by atoms with van der Waals surface area (Å²) in [7, 11) is 2.83. The molecule has 1 aromatic heterocycles. The molecule has 10 rings (SSSR count). The Morgan fingerprint density at radius 2 is 0.887 bits per heavy atom. The van der Waals surface area contributed by atoms with Gasteiger partial charge in [0.05, 0.1) is 43.8 Å². The van der Waals surface area contributed by atoms with E-state index in [4.69, 9.17) is 9.47 Å². The second-order valence-corrected chi connectivity index (χ2v) is 15.5. The lowest BCUT2D eigenvalue weighted by Gasteiger charge is -2.29. The zero-order valence-electron chi connectivity index (χ0n) is 34.4. The van der Waals surface area contributed by atoms with Gasteiger partial charge in [0.2, 0.25) is 0 Å². The van der Waals surface area contributed by atoms with Crippen LogP contribution in [0.15, 0.2) is 194 Å². The third-order valence-electron chi connectivity index (χ3n) is 11.9. The molecule has 0 aliphatic carbocycles. The van der Waals surface area contributed by atoms with Crippen molar-refractivity contribution < 1.29 is 19.1 Å². The Labute approximate surface area is 359 Å². The van der Waals surface area contributed by atoms with E-state index in [1.807, 2.05) is 30.3 Å². The highest BCUT2D eigenvalue weighted by Gasteiger charge is 2.24. The predicted octanol–water partition coefficient (Wildman–Crippen LogP) is 13.3. The van der Waals surface area contributed by atoms with E-state index in [2.05, 4.69) is 173 Å². The van der Waals surface area contributed by atoms with Crippen molar-refractivity contribution in [3.05, 3.63) is 205 Å². The zero-order valence-corrected chi connectivity index (χ0v) is 34.4. The average molecular weight is 807 g/mol. The summed E-state index contributed by atoms with van der Waals surface area (Å²) >= 11 is 0. The van der Waals surface area contributed by atoms with E-state index in [1.54, 1.807) is 0 Å². The largest absolute Gasteiger partial charge is 0.469 e. The first-order valence-corrected chi connectivity index (χ1v) is 20.7. The summed E-state index contributed by atoms with van der Waals surface area (Å²) in [5.74, 6) is -0.551. The summed E-state index contributed by atoms with van der Waals surface area (Å²) in [6.45, 7) is 0. The molecule has 0 bridgehead atoms. The first-order chi connectivity index (χ1) is 30.5. The minimum atomic E-state index is -0.277. The molecule has 6 heteroatoms. The van der Waals surface area contributed by atoms with Gasteiger partial charge in [-0.15, -0.1) is 0 Å². The Balaban J connectivity index is 1.22. The minimum absolute atomic E-state index is 0.195. The monoisotopic (exact) mass is 806 g/mol. The van der Waals surface area contributed by atoms with Crippen LogP contribution in [0.25, 0.3) is 71.3 Å². The van der Waals surface area contributed by atoms with Crippen LogP contribution in [0.3, 0.4) is 0 Å². The summed E-state index contributed by atoms with van der Waals surface area (Å²) in [6.07, 6.45) is 0.399. The Morgan fingerprint density at radius 1 is 0.435 bits per heavy atom. The number of methoxy groups -OCH3 is 2. The topological polar surface area (TPSA) is 60.8 Å². The molecule has 0 amide bonds. The van der Waals surface area contributed by atoms with Crippen molar-refractivity contribution >= 4 is 72.4 Å². The molecule has 62 heavy (non-hydrogen) atoms. The van der Waals surface area contributed by atoms with Crippen molar-refractivity contribution in [3.8, 4) is 27.9 Å². The van der Waals surface area contributed by atoms with Gasteiger partial charge in [0.15, 0.2) is 0 Å². The average Bonchev–Trinajstić information content (AvgIpc) is 3.66. The van der Waals surface area contributed by atoms with Gasteiger partial charge in [-0.2, -0.15) is 0 Å². The fourth-order valence-corrected chi connectivity index (χ4v) is 9.02.